The fraction of sp³-hybridized carbons (Fsp3) is 0.188. The zero-order valence-electron chi connectivity index (χ0n) is 11.1. The van der Waals surface area contributed by atoms with E-state index in [-0.39, 0.29) is 17.7 Å². The Bertz CT molecular complexity index is 579. The summed E-state index contributed by atoms with van der Waals surface area (Å²) < 4.78 is 0. The van der Waals surface area contributed by atoms with E-state index in [1.54, 1.807) is 12.1 Å². The van der Waals surface area contributed by atoms with E-state index in [9.17, 15) is 9.90 Å². The molecular weight excluding hydrogens is 238 g/mol. The average molecular weight is 255 g/mol. The summed E-state index contributed by atoms with van der Waals surface area (Å²) in [6.07, 6.45) is 0. The molecule has 1 amide bonds. The molecule has 3 nitrogen and oxygen atoms in total. The fourth-order valence-corrected chi connectivity index (χ4v) is 1.93. The van der Waals surface area contributed by atoms with Crippen LogP contribution in [0.15, 0.2) is 48.5 Å². The predicted octanol–water partition coefficient (Wildman–Crippen LogP) is 3.19. The Balaban J connectivity index is 2.15. The lowest BCUT2D eigenvalue weighted by Gasteiger charge is -2.15. The molecule has 2 aromatic carbocycles. The maximum absolute atomic E-state index is 12.1. The Hall–Kier alpha value is -2.29. The molecule has 2 rings (SSSR count). The van der Waals surface area contributed by atoms with Crippen LogP contribution in [0.2, 0.25) is 0 Å². The van der Waals surface area contributed by atoms with Crippen molar-refractivity contribution in [3.8, 4) is 5.75 Å². The molecule has 0 heterocycles. The Morgan fingerprint density at radius 3 is 2.53 bits per heavy atom. The number of aromatic hydroxyl groups is 1. The molecule has 19 heavy (non-hydrogen) atoms. The Labute approximate surface area is 112 Å². The molecule has 0 spiro atoms. The van der Waals surface area contributed by atoms with Gasteiger partial charge in [0.25, 0.3) is 5.91 Å². The van der Waals surface area contributed by atoms with Crippen molar-refractivity contribution in [2.45, 2.75) is 19.9 Å². The number of phenolic OH excluding ortho intramolecular Hbond substituents is 1. The molecule has 3 heteroatoms. The molecule has 0 fully saturated rings. The largest absolute Gasteiger partial charge is 0.507 e. The maximum atomic E-state index is 12.1. The monoisotopic (exact) mass is 255 g/mol. The van der Waals surface area contributed by atoms with Crippen molar-refractivity contribution in [3.63, 3.8) is 0 Å². The van der Waals surface area contributed by atoms with E-state index >= 15 is 0 Å². The third kappa shape index (κ3) is 3.13. The molecular formula is C16H17NO2. The van der Waals surface area contributed by atoms with Crippen LogP contribution in [0, 0.1) is 6.92 Å². The van der Waals surface area contributed by atoms with Crippen LogP contribution in [0.25, 0.3) is 0 Å². The molecule has 0 aliphatic carbocycles. The number of nitrogens with one attached hydrogen (secondary N) is 1. The Morgan fingerprint density at radius 1 is 1.16 bits per heavy atom. The van der Waals surface area contributed by atoms with Gasteiger partial charge in [0.15, 0.2) is 0 Å². The van der Waals surface area contributed by atoms with Crippen LogP contribution in [0.3, 0.4) is 0 Å². The summed E-state index contributed by atoms with van der Waals surface area (Å²) in [6, 6.07) is 14.6. The summed E-state index contributed by atoms with van der Waals surface area (Å²) in [6.45, 7) is 3.80. The van der Waals surface area contributed by atoms with Crippen molar-refractivity contribution in [2.75, 3.05) is 0 Å². The Morgan fingerprint density at radius 2 is 1.84 bits per heavy atom. The summed E-state index contributed by atoms with van der Waals surface area (Å²) in [5.41, 5.74) is 2.28. The Kier molecular flexibility index (Phi) is 3.85. The van der Waals surface area contributed by atoms with Gasteiger partial charge in [0, 0.05) is 0 Å². The number of hydrogen-bond acceptors (Lipinski definition) is 2. The first-order valence-corrected chi connectivity index (χ1v) is 6.23. The molecule has 1 atom stereocenters. The van der Waals surface area contributed by atoms with E-state index < -0.39 is 0 Å². The number of carbonyl (C=O) groups is 1. The molecule has 2 aromatic rings. The van der Waals surface area contributed by atoms with Crippen LogP contribution in [-0.4, -0.2) is 11.0 Å². The molecule has 0 bridgehead atoms. The zero-order chi connectivity index (χ0) is 13.8. The second-order valence-corrected chi connectivity index (χ2v) is 4.63. The van der Waals surface area contributed by atoms with Gasteiger partial charge in [-0.2, -0.15) is 0 Å². The van der Waals surface area contributed by atoms with E-state index in [0.29, 0.717) is 5.56 Å². The number of rotatable bonds is 3. The molecule has 1 unspecified atom stereocenters. The van der Waals surface area contributed by atoms with Gasteiger partial charge in [0.2, 0.25) is 0 Å². The molecule has 2 N–H and O–H groups in total. The van der Waals surface area contributed by atoms with Gasteiger partial charge in [0.1, 0.15) is 5.75 Å². The second kappa shape index (κ2) is 5.57. The van der Waals surface area contributed by atoms with Crippen LogP contribution >= 0.6 is 0 Å². The minimum Gasteiger partial charge on any atom is -0.507 e. The summed E-state index contributed by atoms with van der Waals surface area (Å²) in [5.74, 6) is -0.263. The highest BCUT2D eigenvalue weighted by atomic mass is 16.3. The topological polar surface area (TPSA) is 49.3 Å². The van der Waals surface area contributed by atoms with Crippen LogP contribution in [0.1, 0.15) is 34.5 Å². The third-order valence-corrected chi connectivity index (χ3v) is 3.04. The van der Waals surface area contributed by atoms with E-state index in [1.165, 1.54) is 6.07 Å². The molecule has 0 radical (unpaired) electrons. The SMILES string of the molecule is Cc1ccc(O)c(C(=O)NC(C)c2ccccc2)c1. The van der Waals surface area contributed by atoms with Gasteiger partial charge in [-0.25, -0.2) is 0 Å². The maximum Gasteiger partial charge on any atom is 0.255 e. The van der Waals surface area contributed by atoms with Gasteiger partial charge in [-0.1, -0.05) is 42.0 Å². The standard InChI is InChI=1S/C16H17NO2/c1-11-8-9-15(18)14(10-11)16(19)17-12(2)13-6-4-3-5-7-13/h3-10,12,18H,1-2H3,(H,17,19). The first-order valence-electron chi connectivity index (χ1n) is 6.23. The van der Waals surface area contributed by atoms with Gasteiger partial charge in [-0.3, -0.25) is 4.79 Å². The van der Waals surface area contributed by atoms with Crippen molar-refractivity contribution in [2.24, 2.45) is 0 Å². The highest BCUT2D eigenvalue weighted by Gasteiger charge is 2.14. The van der Waals surface area contributed by atoms with Crippen LogP contribution < -0.4 is 5.32 Å². The summed E-state index contributed by atoms with van der Waals surface area (Å²) in [4.78, 5) is 12.1. The molecule has 0 aromatic heterocycles. The summed E-state index contributed by atoms with van der Waals surface area (Å²) >= 11 is 0. The second-order valence-electron chi connectivity index (χ2n) is 4.63. The number of hydrogen-bond donors (Lipinski definition) is 2. The van der Waals surface area contributed by atoms with Crippen molar-refractivity contribution >= 4 is 5.91 Å². The minimum atomic E-state index is -0.266. The quantitative estimate of drug-likeness (QED) is 0.885. The van der Waals surface area contributed by atoms with Crippen molar-refractivity contribution in [1.82, 2.24) is 5.32 Å². The molecule has 0 aliphatic rings. The lowest BCUT2D eigenvalue weighted by Crippen LogP contribution is -2.26. The number of amides is 1. The number of carbonyl (C=O) groups excluding carboxylic acids is 1. The number of phenols is 1. The van der Waals surface area contributed by atoms with E-state index in [2.05, 4.69) is 5.32 Å². The van der Waals surface area contributed by atoms with E-state index in [4.69, 9.17) is 0 Å². The minimum absolute atomic E-state index is 0.00311. The van der Waals surface area contributed by atoms with Crippen molar-refractivity contribution < 1.29 is 9.90 Å². The van der Waals surface area contributed by atoms with Crippen LogP contribution in [-0.2, 0) is 0 Å². The van der Waals surface area contributed by atoms with Gasteiger partial charge >= 0.3 is 0 Å². The van der Waals surface area contributed by atoms with E-state index in [0.717, 1.165) is 11.1 Å². The number of aryl methyl sites for hydroxylation is 1. The fourth-order valence-electron chi connectivity index (χ4n) is 1.93. The first kappa shape index (κ1) is 13.1. The smallest absolute Gasteiger partial charge is 0.255 e. The highest BCUT2D eigenvalue weighted by Crippen LogP contribution is 2.19. The van der Waals surface area contributed by atoms with Gasteiger partial charge in [-0.05, 0) is 31.5 Å². The van der Waals surface area contributed by atoms with Gasteiger partial charge < -0.3 is 10.4 Å². The van der Waals surface area contributed by atoms with Gasteiger partial charge in [0.05, 0.1) is 11.6 Å². The summed E-state index contributed by atoms with van der Waals surface area (Å²) in [5, 5.41) is 12.6. The van der Waals surface area contributed by atoms with Crippen molar-refractivity contribution in [1.29, 1.82) is 0 Å². The normalized spacial score (nSPS) is 11.9. The number of benzene rings is 2. The third-order valence-electron chi connectivity index (χ3n) is 3.04. The lowest BCUT2D eigenvalue weighted by molar-refractivity contribution is 0.0937. The molecule has 0 saturated heterocycles. The lowest BCUT2D eigenvalue weighted by atomic mass is 10.1. The zero-order valence-corrected chi connectivity index (χ0v) is 11.1. The summed E-state index contributed by atoms with van der Waals surface area (Å²) in [7, 11) is 0. The van der Waals surface area contributed by atoms with Crippen LogP contribution in [0.4, 0.5) is 0 Å². The molecule has 98 valence electrons. The van der Waals surface area contributed by atoms with Gasteiger partial charge in [-0.15, -0.1) is 0 Å². The van der Waals surface area contributed by atoms with Crippen molar-refractivity contribution in [3.05, 3.63) is 65.2 Å². The highest BCUT2D eigenvalue weighted by molar-refractivity contribution is 5.97. The predicted molar refractivity (Wildman–Crippen MR) is 75.2 cm³/mol. The first-order chi connectivity index (χ1) is 9.08. The van der Waals surface area contributed by atoms with E-state index in [1.807, 2.05) is 44.2 Å². The average Bonchev–Trinajstić information content (AvgIpc) is 2.42. The molecule has 0 aliphatic heterocycles. The molecule has 0 saturated carbocycles. The van der Waals surface area contributed by atoms with Crippen LogP contribution in [0.5, 0.6) is 5.75 Å².